The number of H-pyrrole nitrogens is 1. The minimum Gasteiger partial charge on any atom is -0.481 e. The molecule has 0 saturated heterocycles. The molecule has 1 aliphatic heterocycles. The number of carboxylic acid groups (broad SMARTS) is 2. The second kappa shape index (κ2) is 12.7. The van der Waals surface area contributed by atoms with Gasteiger partial charge in [0.15, 0.2) is 11.5 Å². The van der Waals surface area contributed by atoms with Gasteiger partial charge in [0, 0.05) is 37.3 Å². The van der Waals surface area contributed by atoms with E-state index in [1.54, 1.807) is 4.90 Å². The second-order valence-electron chi connectivity index (χ2n) is 8.78. The van der Waals surface area contributed by atoms with Gasteiger partial charge in [-0.3, -0.25) is 24.2 Å². The van der Waals surface area contributed by atoms with Crippen LogP contribution in [0, 0.1) is 0 Å². The van der Waals surface area contributed by atoms with Crippen molar-refractivity contribution in [2.45, 2.75) is 31.0 Å². The summed E-state index contributed by atoms with van der Waals surface area (Å²) in [4.78, 5) is 68.3. The summed E-state index contributed by atoms with van der Waals surface area (Å²) in [5.41, 5.74) is 5.51. The minimum atomic E-state index is -1.39. The average Bonchev–Trinajstić information content (AvgIpc) is 2.90. The van der Waals surface area contributed by atoms with E-state index in [-0.39, 0.29) is 49.1 Å². The summed E-state index contributed by atoms with van der Waals surface area (Å²) in [6.45, 7) is -0.338. The van der Waals surface area contributed by atoms with Gasteiger partial charge in [0.25, 0.3) is 11.5 Å². The Labute approximate surface area is 221 Å². The van der Waals surface area contributed by atoms with Gasteiger partial charge >= 0.3 is 11.9 Å². The van der Waals surface area contributed by atoms with Crippen LogP contribution in [-0.2, 0) is 14.4 Å². The summed E-state index contributed by atoms with van der Waals surface area (Å²) in [6, 6.07) is 3.85. The van der Waals surface area contributed by atoms with Gasteiger partial charge in [0.2, 0.25) is 12.4 Å². The van der Waals surface area contributed by atoms with Crippen molar-refractivity contribution in [1.82, 2.24) is 15.3 Å². The molecule has 2 amide bonds. The van der Waals surface area contributed by atoms with E-state index in [2.05, 4.69) is 20.6 Å². The standard InChI is InChI=1S/C23H29N7O9/c24-23-27-19-18(21(37)28-23)30(11-32)14(7-25-19)8-29(9-15(33)10-31)13-3-1-12(2-4-13)20(36)26-16(22(38)39)5-6-17(34)35/h1-4,11,14-16,31,33H,5-10H2,(H,26,36)(H,34,35)(H,38,39)(H4,24,25,27,28,37)/t14?,15-,16?/m1/s1. The molecule has 0 fully saturated rings. The number of nitrogen functional groups attached to an aromatic ring is 1. The number of nitrogens with two attached hydrogens (primary N) is 1. The number of fused-ring (bicyclic) bond motifs is 1. The average molecular weight is 548 g/mol. The van der Waals surface area contributed by atoms with Crippen LogP contribution in [0.4, 0.5) is 23.1 Å². The van der Waals surface area contributed by atoms with Crippen LogP contribution in [-0.4, -0.2) is 99.1 Å². The monoisotopic (exact) mass is 547 g/mol. The Morgan fingerprint density at radius 2 is 1.95 bits per heavy atom. The zero-order chi connectivity index (χ0) is 28.7. The number of nitrogens with one attached hydrogen (secondary N) is 3. The Kier molecular flexibility index (Phi) is 9.40. The summed E-state index contributed by atoms with van der Waals surface area (Å²) in [5.74, 6) is -3.28. The number of aromatic nitrogens is 2. The predicted molar refractivity (Wildman–Crippen MR) is 138 cm³/mol. The second-order valence-corrected chi connectivity index (χ2v) is 8.78. The first-order valence-corrected chi connectivity index (χ1v) is 11.8. The zero-order valence-corrected chi connectivity index (χ0v) is 20.6. The maximum Gasteiger partial charge on any atom is 0.326 e. The van der Waals surface area contributed by atoms with Crippen molar-refractivity contribution < 1.29 is 39.6 Å². The highest BCUT2D eigenvalue weighted by Crippen LogP contribution is 2.27. The molecular weight excluding hydrogens is 518 g/mol. The topological polar surface area (TPSA) is 252 Å². The fraction of sp³-hybridized carbons (Fsp3) is 0.391. The molecule has 0 spiro atoms. The molecule has 0 aliphatic carbocycles. The molecule has 210 valence electrons. The van der Waals surface area contributed by atoms with Crippen LogP contribution in [0.1, 0.15) is 23.2 Å². The number of carbonyl (C=O) groups is 4. The molecule has 0 radical (unpaired) electrons. The first-order chi connectivity index (χ1) is 18.5. The van der Waals surface area contributed by atoms with E-state index in [4.69, 9.17) is 10.8 Å². The number of anilines is 4. The molecule has 1 aromatic carbocycles. The molecule has 16 nitrogen and oxygen atoms in total. The lowest BCUT2D eigenvalue weighted by Crippen LogP contribution is -2.53. The number of nitrogens with zero attached hydrogens (tertiary/aromatic N) is 3. The Bertz CT molecular complexity index is 1270. The molecule has 2 unspecified atom stereocenters. The number of carboxylic acids is 2. The van der Waals surface area contributed by atoms with E-state index in [1.165, 1.54) is 29.2 Å². The van der Waals surface area contributed by atoms with Gasteiger partial charge < -0.3 is 46.6 Å². The minimum absolute atomic E-state index is 0.0268. The van der Waals surface area contributed by atoms with E-state index in [0.717, 1.165) is 0 Å². The predicted octanol–water partition coefficient (Wildman–Crippen LogP) is -1.98. The van der Waals surface area contributed by atoms with Gasteiger partial charge in [0.1, 0.15) is 6.04 Å². The summed E-state index contributed by atoms with van der Waals surface area (Å²) >= 11 is 0. The van der Waals surface area contributed by atoms with Crippen molar-refractivity contribution in [1.29, 1.82) is 0 Å². The molecule has 0 saturated carbocycles. The number of hydrogen-bond donors (Lipinski definition) is 8. The highest BCUT2D eigenvalue weighted by molar-refractivity contribution is 5.97. The maximum atomic E-state index is 12.6. The van der Waals surface area contributed by atoms with Crippen molar-refractivity contribution in [3.05, 3.63) is 40.2 Å². The van der Waals surface area contributed by atoms with Crippen molar-refractivity contribution in [2.75, 3.05) is 47.1 Å². The van der Waals surface area contributed by atoms with Crippen molar-refractivity contribution in [3.8, 4) is 0 Å². The van der Waals surface area contributed by atoms with Gasteiger partial charge in [-0.25, -0.2) is 4.79 Å². The fourth-order valence-electron chi connectivity index (χ4n) is 4.08. The highest BCUT2D eigenvalue weighted by Gasteiger charge is 2.32. The lowest BCUT2D eigenvalue weighted by Gasteiger charge is -2.38. The van der Waals surface area contributed by atoms with Crippen LogP contribution < -0.4 is 31.7 Å². The third kappa shape index (κ3) is 7.20. The summed E-state index contributed by atoms with van der Waals surface area (Å²) in [5, 5.41) is 42.8. The van der Waals surface area contributed by atoms with E-state index in [0.29, 0.717) is 12.1 Å². The molecule has 0 bridgehead atoms. The van der Waals surface area contributed by atoms with Crippen molar-refractivity contribution >= 4 is 47.4 Å². The Morgan fingerprint density at radius 3 is 2.54 bits per heavy atom. The lowest BCUT2D eigenvalue weighted by molar-refractivity contribution is -0.140. The van der Waals surface area contributed by atoms with Crippen LogP contribution in [0.3, 0.4) is 0 Å². The number of hydrogen-bond acceptors (Lipinski definition) is 11. The number of aliphatic hydroxyl groups excluding tert-OH is 2. The molecule has 3 atom stereocenters. The van der Waals surface area contributed by atoms with Gasteiger partial charge in [-0.15, -0.1) is 0 Å². The Hall–Kier alpha value is -4.70. The van der Waals surface area contributed by atoms with Crippen LogP contribution in [0.2, 0.25) is 0 Å². The van der Waals surface area contributed by atoms with E-state index >= 15 is 0 Å². The summed E-state index contributed by atoms with van der Waals surface area (Å²) in [7, 11) is 0. The number of rotatable bonds is 13. The van der Waals surface area contributed by atoms with Gasteiger partial charge in [-0.05, 0) is 30.7 Å². The largest absolute Gasteiger partial charge is 0.481 e. The molecule has 3 rings (SSSR count). The van der Waals surface area contributed by atoms with Crippen molar-refractivity contribution in [2.24, 2.45) is 0 Å². The van der Waals surface area contributed by atoms with Crippen LogP contribution in [0.25, 0.3) is 0 Å². The normalized spacial score (nSPS) is 15.8. The van der Waals surface area contributed by atoms with Crippen molar-refractivity contribution in [3.63, 3.8) is 0 Å². The third-order valence-electron chi connectivity index (χ3n) is 6.00. The molecule has 39 heavy (non-hydrogen) atoms. The first-order valence-electron chi connectivity index (χ1n) is 11.8. The molecule has 2 heterocycles. The number of benzene rings is 1. The molecule has 1 aromatic heterocycles. The van der Waals surface area contributed by atoms with Crippen LogP contribution in [0.5, 0.6) is 0 Å². The molecule has 16 heteroatoms. The molecular formula is C23H29N7O9. The maximum absolute atomic E-state index is 12.6. The highest BCUT2D eigenvalue weighted by atomic mass is 16.4. The van der Waals surface area contributed by atoms with E-state index in [9.17, 15) is 39.3 Å². The van der Waals surface area contributed by atoms with E-state index in [1.807, 2.05) is 0 Å². The summed E-state index contributed by atoms with van der Waals surface area (Å²) < 4.78 is 0. The molecule has 1 aliphatic rings. The van der Waals surface area contributed by atoms with E-state index < -0.39 is 54.6 Å². The molecule has 2 aromatic rings. The van der Waals surface area contributed by atoms with Gasteiger partial charge in [-0.1, -0.05) is 0 Å². The Morgan fingerprint density at radius 1 is 1.26 bits per heavy atom. The number of aliphatic hydroxyl groups is 2. The van der Waals surface area contributed by atoms with Crippen LogP contribution in [0.15, 0.2) is 29.1 Å². The van der Waals surface area contributed by atoms with Gasteiger partial charge in [0.05, 0.1) is 18.8 Å². The Balaban J connectivity index is 1.80. The summed E-state index contributed by atoms with van der Waals surface area (Å²) in [6.07, 6.45) is -1.41. The smallest absolute Gasteiger partial charge is 0.326 e. The quantitative estimate of drug-likeness (QED) is 0.127. The van der Waals surface area contributed by atoms with Gasteiger partial charge in [-0.2, -0.15) is 4.98 Å². The fourth-order valence-corrected chi connectivity index (χ4v) is 4.08. The zero-order valence-electron chi connectivity index (χ0n) is 20.6. The number of carbonyl (C=O) groups excluding carboxylic acids is 2. The molecule has 9 N–H and O–H groups in total. The van der Waals surface area contributed by atoms with Crippen LogP contribution >= 0.6 is 0 Å². The lowest BCUT2D eigenvalue weighted by atomic mass is 10.1. The SMILES string of the molecule is Nc1nc2c(c(=O)[nH]1)N(C=O)C(CN(C[C@@H](O)CO)c1ccc(C(=O)NC(CCC(=O)O)C(=O)O)cc1)CN2. The number of aliphatic carboxylic acids is 2. The third-order valence-corrected chi connectivity index (χ3v) is 6.00. The number of amides is 2. The number of aromatic amines is 1. The first kappa shape index (κ1) is 28.9.